The van der Waals surface area contributed by atoms with E-state index < -0.39 is 5.97 Å². The summed E-state index contributed by atoms with van der Waals surface area (Å²) >= 11 is 1.36. The third-order valence-corrected chi connectivity index (χ3v) is 4.74. The Bertz CT molecular complexity index is 1000. The third kappa shape index (κ3) is 4.43. The summed E-state index contributed by atoms with van der Waals surface area (Å²) in [6.07, 6.45) is 1.85. The van der Waals surface area contributed by atoms with Gasteiger partial charge in [-0.2, -0.15) is 0 Å². The summed E-state index contributed by atoms with van der Waals surface area (Å²) in [4.78, 5) is 29.9. The first-order chi connectivity index (χ1) is 14.1. The third-order valence-electron chi connectivity index (χ3n) is 4.10. The molecule has 1 heterocycles. The van der Waals surface area contributed by atoms with E-state index in [4.69, 9.17) is 9.47 Å². The molecule has 150 valence electrons. The van der Waals surface area contributed by atoms with Crippen LogP contribution in [0.4, 0.5) is 5.82 Å². The molecule has 0 radical (unpaired) electrons. The van der Waals surface area contributed by atoms with E-state index in [1.807, 2.05) is 36.6 Å². The Morgan fingerprint density at radius 3 is 2.38 bits per heavy atom. The second kappa shape index (κ2) is 9.29. The Balaban J connectivity index is 2.04. The van der Waals surface area contributed by atoms with E-state index in [9.17, 15) is 9.59 Å². The van der Waals surface area contributed by atoms with Crippen molar-refractivity contribution in [3.8, 4) is 11.4 Å². The fraction of sp³-hybridized carbons (Fsp3) is 0.190. The smallest absolute Gasteiger partial charge is 0.359 e. The number of nitrogens with one attached hydrogen (secondary N) is 1. The highest BCUT2D eigenvalue weighted by atomic mass is 32.2. The number of nitrogens with zero attached hydrogens (tertiary/aromatic N) is 2. The van der Waals surface area contributed by atoms with Crippen molar-refractivity contribution in [2.75, 3.05) is 25.3 Å². The monoisotopic (exact) mass is 411 g/mol. The summed E-state index contributed by atoms with van der Waals surface area (Å²) in [5.74, 6) is -0.151. The summed E-state index contributed by atoms with van der Waals surface area (Å²) in [5, 5.41) is 3.30. The van der Waals surface area contributed by atoms with Crippen LogP contribution in [0.5, 0.6) is 5.75 Å². The molecule has 0 aliphatic rings. The first kappa shape index (κ1) is 20.5. The number of ether oxygens (including phenoxy) is 2. The van der Waals surface area contributed by atoms with Crippen molar-refractivity contribution >= 4 is 29.5 Å². The van der Waals surface area contributed by atoms with Gasteiger partial charge in [-0.1, -0.05) is 30.0 Å². The predicted octanol–water partition coefficient (Wildman–Crippen LogP) is 4.03. The van der Waals surface area contributed by atoms with Crippen LogP contribution in [0, 0.1) is 0 Å². The SMILES string of the molecule is CCOC(=O)c1c(NC(=O)c2ccc(OC)cc2)nc(SC)n1-c1ccccc1. The van der Waals surface area contributed by atoms with Crippen molar-refractivity contribution in [3.63, 3.8) is 0 Å². The number of methoxy groups -OCH3 is 1. The predicted molar refractivity (Wildman–Crippen MR) is 112 cm³/mol. The Morgan fingerprint density at radius 2 is 1.79 bits per heavy atom. The van der Waals surface area contributed by atoms with Gasteiger partial charge in [-0.3, -0.25) is 9.36 Å². The van der Waals surface area contributed by atoms with Crippen LogP contribution in [0.15, 0.2) is 59.8 Å². The minimum atomic E-state index is -0.561. The number of benzene rings is 2. The lowest BCUT2D eigenvalue weighted by molar-refractivity contribution is 0.0517. The molecule has 0 aliphatic carbocycles. The van der Waals surface area contributed by atoms with Gasteiger partial charge in [0.1, 0.15) is 5.75 Å². The van der Waals surface area contributed by atoms with Crippen LogP contribution >= 0.6 is 11.8 Å². The first-order valence-corrected chi connectivity index (χ1v) is 10.2. The maximum absolute atomic E-state index is 12.7. The zero-order valence-electron chi connectivity index (χ0n) is 16.3. The molecule has 0 bridgehead atoms. The highest BCUT2D eigenvalue weighted by Gasteiger charge is 2.26. The molecule has 0 saturated heterocycles. The van der Waals surface area contributed by atoms with Crippen molar-refractivity contribution < 1.29 is 19.1 Å². The average molecular weight is 411 g/mol. The molecule has 0 aliphatic heterocycles. The van der Waals surface area contributed by atoms with E-state index in [1.165, 1.54) is 11.8 Å². The van der Waals surface area contributed by atoms with Crippen LogP contribution in [0.3, 0.4) is 0 Å². The standard InChI is InChI=1S/C21H21N3O4S/c1-4-28-20(26)17-18(22-19(25)14-10-12-16(27-2)13-11-14)23-21(29-3)24(17)15-8-6-5-7-9-15/h5-13H,4H2,1-3H3,(H,22,25). The van der Waals surface area contributed by atoms with Crippen LogP contribution in [0.2, 0.25) is 0 Å². The molecule has 2 aromatic carbocycles. The van der Waals surface area contributed by atoms with Crippen LogP contribution in [0.1, 0.15) is 27.8 Å². The first-order valence-electron chi connectivity index (χ1n) is 8.93. The van der Waals surface area contributed by atoms with E-state index in [2.05, 4.69) is 10.3 Å². The second-order valence-corrected chi connectivity index (χ2v) is 6.64. The molecule has 1 amide bonds. The molecule has 3 rings (SSSR count). The van der Waals surface area contributed by atoms with Crippen molar-refractivity contribution in [1.82, 2.24) is 9.55 Å². The minimum Gasteiger partial charge on any atom is -0.497 e. The van der Waals surface area contributed by atoms with E-state index in [1.54, 1.807) is 42.9 Å². The zero-order chi connectivity index (χ0) is 20.8. The molecule has 1 aromatic heterocycles. The highest BCUT2D eigenvalue weighted by molar-refractivity contribution is 7.98. The molecule has 0 saturated carbocycles. The lowest BCUT2D eigenvalue weighted by Gasteiger charge is -2.11. The van der Waals surface area contributed by atoms with Crippen molar-refractivity contribution in [2.45, 2.75) is 12.1 Å². The van der Waals surface area contributed by atoms with Crippen LogP contribution in [0.25, 0.3) is 5.69 Å². The van der Waals surface area contributed by atoms with Gasteiger partial charge in [0.15, 0.2) is 16.7 Å². The number of rotatable bonds is 7. The molecule has 1 N–H and O–H groups in total. The molecule has 3 aromatic rings. The van der Waals surface area contributed by atoms with Gasteiger partial charge in [0.2, 0.25) is 0 Å². The van der Waals surface area contributed by atoms with Gasteiger partial charge in [0, 0.05) is 11.3 Å². The Labute approximate surface area is 173 Å². The van der Waals surface area contributed by atoms with Gasteiger partial charge in [-0.15, -0.1) is 0 Å². The van der Waals surface area contributed by atoms with Gasteiger partial charge in [0.05, 0.1) is 13.7 Å². The number of aromatic nitrogens is 2. The number of thioether (sulfide) groups is 1. The second-order valence-electron chi connectivity index (χ2n) is 5.87. The van der Waals surface area contributed by atoms with E-state index in [-0.39, 0.29) is 24.0 Å². The van der Waals surface area contributed by atoms with Gasteiger partial charge in [-0.25, -0.2) is 9.78 Å². The largest absolute Gasteiger partial charge is 0.497 e. The van der Waals surface area contributed by atoms with Gasteiger partial charge in [-0.05, 0) is 49.6 Å². The van der Waals surface area contributed by atoms with Crippen LogP contribution < -0.4 is 10.1 Å². The number of hydrogen-bond acceptors (Lipinski definition) is 6. The molecular weight excluding hydrogens is 390 g/mol. The number of anilines is 1. The lowest BCUT2D eigenvalue weighted by Crippen LogP contribution is -2.18. The Hall–Kier alpha value is -3.26. The summed E-state index contributed by atoms with van der Waals surface area (Å²) < 4.78 is 12.0. The number of esters is 1. The number of hydrogen-bond donors (Lipinski definition) is 1. The molecular formula is C21H21N3O4S. The van der Waals surface area contributed by atoms with Crippen LogP contribution in [-0.4, -0.2) is 41.4 Å². The normalized spacial score (nSPS) is 10.4. The van der Waals surface area contributed by atoms with E-state index >= 15 is 0 Å². The maximum atomic E-state index is 12.7. The molecule has 0 atom stereocenters. The van der Waals surface area contributed by atoms with E-state index in [0.29, 0.717) is 16.5 Å². The Kier molecular flexibility index (Phi) is 6.56. The summed E-state index contributed by atoms with van der Waals surface area (Å²) in [5.41, 5.74) is 1.34. The van der Waals surface area contributed by atoms with Crippen molar-refractivity contribution in [1.29, 1.82) is 0 Å². The number of para-hydroxylation sites is 1. The Morgan fingerprint density at radius 1 is 1.10 bits per heavy atom. The quantitative estimate of drug-likeness (QED) is 0.467. The van der Waals surface area contributed by atoms with Gasteiger partial charge in [0.25, 0.3) is 5.91 Å². The lowest BCUT2D eigenvalue weighted by atomic mass is 10.2. The molecule has 0 fully saturated rings. The molecule has 7 nitrogen and oxygen atoms in total. The molecule has 0 unspecified atom stereocenters. The summed E-state index contributed by atoms with van der Waals surface area (Å²) in [6.45, 7) is 1.94. The number of carbonyl (C=O) groups is 2. The summed E-state index contributed by atoms with van der Waals surface area (Å²) in [6, 6.07) is 16.0. The zero-order valence-corrected chi connectivity index (χ0v) is 17.2. The average Bonchev–Trinajstić information content (AvgIpc) is 3.12. The van der Waals surface area contributed by atoms with Crippen molar-refractivity contribution in [3.05, 3.63) is 65.9 Å². The number of imidazole rings is 1. The molecule has 8 heteroatoms. The molecule has 0 spiro atoms. The van der Waals surface area contributed by atoms with Crippen LogP contribution in [-0.2, 0) is 4.74 Å². The maximum Gasteiger partial charge on any atom is 0.359 e. The van der Waals surface area contributed by atoms with Crippen molar-refractivity contribution in [2.24, 2.45) is 0 Å². The fourth-order valence-electron chi connectivity index (χ4n) is 2.75. The van der Waals surface area contributed by atoms with Gasteiger partial charge < -0.3 is 14.8 Å². The highest BCUT2D eigenvalue weighted by Crippen LogP contribution is 2.29. The number of amides is 1. The van der Waals surface area contributed by atoms with E-state index in [0.717, 1.165) is 5.69 Å². The van der Waals surface area contributed by atoms with Gasteiger partial charge >= 0.3 is 5.97 Å². The topological polar surface area (TPSA) is 82.4 Å². The number of carbonyl (C=O) groups excluding carboxylic acids is 2. The fourth-order valence-corrected chi connectivity index (χ4v) is 3.31. The molecule has 29 heavy (non-hydrogen) atoms. The minimum absolute atomic E-state index is 0.150. The summed E-state index contributed by atoms with van der Waals surface area (Å²) in [7, 11) is 1.56.